The molecule has 1 atom stereocenters. The van der Waals surface area contributed by atoms with Crippen LogP contribution < -0.4 is 0 Å². The molecule has 2 rings (SSSR count). The minimum absolute atomic E-state index is 0.609. The molecule has 0 aliphatic heterocycles. The molecule has 0 saturated heterocycles. The van der Waals surface area contributed by atoms with Crippen LogP contribution >= 0.6 is 0 Å². The van der Waals surface area contributed by atoms with Gasteiger partial charge in [-0.1, -0.05) is 37.0 Å². The predicted molar refractivity (Wildman–Crippen MR) is 69.4 cm³/mol. The van der Waals surface area contributed by atoms with Gasteiger partial charge in [0.05, 0.1) is 0 Å². The Hall–Kier alpha value is -1.81. The lowest BCUT2D eigenvalue weighted by Gasteiger charge is -2.18. The molecule has 1 unspecified atom stereocenters. The minimum Gasteiger partial charge on any atom is -0.298 e. The van der Waals surface area contributed by atoms with Crippen LogP contribution in [0.15, 0.2) is 41.5 Å². The van der Waals surface area contributed by atoms with E-state index in [0.29, 0.717) is 5.92 Å². The van der Waals surface area contributed by atoms with Crippen molar-refractivity contribution in [3.63, 3.8) is 0 Å². The summed E-state index contributed by atoms with van der Waals surface area (Å²) in [6.07, 6.45) is 3.93. The highest BCUT2D eigenvalue weighted by atomic mass is 16.1. The molecule has 0 saturated carbocycles. The molecule has 1 aliphatic carbocycles. The molecule has 1 aromatic rings. The maximum atomic E-state index is 11.0. The van der Waals surface area contributed by atoms with E-state index in [-0.39, 0.29) is 0 Å². The third-order valence-electron chi connectivity index (χ3n) is 3.12. The van der Waals surface area contributed by atoms with Crippen LogP contribution in [0.5, 0.6) is 0 Å². The summed E-state index contributed by atoms with van der Waals surface area (Å²) in [5, 5.41) is 0. The molecule has 1 aromatic carbocycles. The van der Waals surface area contributed by atoms with Crippen molar-refractivity contribution in [2.45, 2.75) is 26.2 Å². The fourth-order valence-electron chi connectivity index (χ4n) is 2.08. The first-order valence-corrected chi connectivity index (χ1v) is 6.04. The van der Waals surface area contributed by atoms with Gasteiger partial charge in [-0.05, 0) is 37.3 Å². The van der Waals surface area contributed by atoms with Crippen molar-refractivity contribution in [1.29, 1.82) is 0 Å². The summed E-state index contributed by atoms with van der Waals surface area (Å²) in [6.45, 7) is 2.19. The van der Waals surface area contributed by atoms with E-state index in [1.165, 1.54) is 0 Å². The van der Waals surface area contributed by atoms with Crippen molar-refractivity contribution >= 4 is 6.29 Å². The zero-order valence-corrected chi connectivity index (χ0v) is 10.1. The summed E-state index contributed by atoms with van der Waals surface area (Å²) in [4.78, 5) is 11.0. The molecule has 0 spiro atoms. The Kier molecular flexibility index (Phi) is 3.77. The normalized spacial score (nSPS) is 19.5. The Morgan fingerprint density at radius 3 is 2.71 bits per heavy atom. The Morgan fingerprint density at radius 2 is 2.00 bits per heavy atom. The van der Waals surface area contributed by atoms with Gasteiger partial charge in [-0.2, -0.15) is 0 Å². The van der Waals surface area contributed by atoms with Gasteiger partial charge in [0.25, 0.3) is 0 Å². The lowest BCUT2D eigenvalue weighted by Crippen LogP contribution is -2.07. The molecule has 0 amide bonds. The standard InChI is InChI=1S/C16H16O/c1-13-7-9-15(16(11-13)12-17)10-8-14-5-3-2-4-6-14/h2-6,12-13H,7,9,11H2,1H3. The lowest BCUT2D eigenvalue weighted by atomic mass is 9.85. The molecule has 86 valence electrons. The minimum atomic E-state index is 0.609. The Morgan fingerprint density at radius 1 is 1.24 bits per heavy atom. The van der Waals surface area contributed by atoms with E-state index in [0.717, 1.165) is 42.3 Å². The quantitative estimate of drug-likeness (QED) is 0.528. The van der Waals surface area contributed by atoms with Crippen LogP contribution in [0.25, 0.3) is 0 Å². The maximum absolute atomic E-state index is 11.0. The number of hydrogen-bond acceptors (Lipinski definition) is 1. The third-order valence-corrected chi connectivity index (χ3v) is 3.12. The van der Waals surface area contributed by atoms with Crippen molar-refractivity contribution in [3.8, 4) is 11.8 Å². The Bertz CT molecular complexity index is 485. The fraction of sp³-hybridized carbons (Fsp3) is 0.312. The van der Waals surface area contributed by atoms with Crippen LogP contribution in [0.2, 0.25) is 0 Å². The number of hydrogen-bond donors (Lipinski definition) is 0. The zero-order chi connectivity index (χ0) is 12.1. The van der Waals surface area contributed by atoms with Crippen LogP contribution in [-0.2, 0) is 4.79 Å². The third kappa shape index (κ3) is 3.07. The average molecular weight is 224 g/mol. The molecule has 1 nitrogen and oxygen atoms in total. The molecule has 1 heteroatoms. The smallest absolute Gasteiger partial charge is 0.146 e. The summed E-state index contributed by atoms with van der Waals surface area (Å²) < 4.78 is 0. The van der Waals surface area contributed by atoms with Crippen LogP contribution in [0, 0.1) is 17.8 Å². The van der Waals surface area contributed by atoms with Crippen molar-refractivity contribution < 1.29 is 4.79 Å². The monoisotopic (exact) mass is 224 g/mol. The van der Waals surface area contributed by atoms with Gasteiger partial charge in [-0.15, -0.1) is 0 Å². The molecule has 0 N–H and O–H groups in total. The van der Waals surface area contributed by atoms with Gasteiger partial charge in [0.15, 0.2) is 0 Å². The van der Waals surface area contributed by atoms with E-state index in [4.69, 9.17) is 0 Å². The molecule has 0 radical (unpaired) electrons. The van der Waals surface area contributed by atoms with E-state index >= 15 is 0 Å². The number of rotatable bonds is 1. The summed E-state index contributed by atoms with van der Waals surface area (Å²) in [5.74, 6) is 6.89. The van der Waals surface area contributed by atoms with Gasteiger partial charge < -0.3 is 0 Å². The molecule has 0 heterocycles. The van der Waals surface area contributed by atoms with Gasteiger partial charge in [0.2, 0.25) is 0 Å². The molecule has 0 fully saturated rings. The van der Waals surface area contributed by atoms with Gasteiger partial charge >= 0.3 is 0 Å². The van der Waals surface area contributed by atoms with Crippen molar-refractivity contribution in [1.82, 2.24) is 0 Å². The van der Waals surface area contributed by atoms with Crippen LogP contribution in [0.4, 0.5) is 0 Å². The summed E-state index contributed by atoms with van der Waals surface area (Å²) in [5.41, 5.74) is 2.93. The van der Waals surface area contributed by atoms with Gasteiger partial charge in [-0.25, -0.2) is 0 Å². The summed E-state index contributed by atoms with van der Waals surface area (Å²) in [6, 6.07) is 9.90. The predicted octanol–water partition coefficient (Wildman–Crippen LogP) is 3.35. The van der Waals surface area contributed by atoms with E-state index in [2.05, 4.69) is 18.8 Å². The highest BCUT2D eigenvalue weighted by molar-refractivity contribution is 5.77. The largest absolute Gasteiger partial charge is 0.298 e. The molecular weight excluding hydrogens is 208 g/mol. The van der Waals surface area contributed by atoms with E-state index in [9.17, 15) is 4.79 Å². The molecular formula is C16H16O. The highest BCUT2D eigenvalue weighted by Gasteiger charge is 2.15. The number of carbonyl (C=O) groups excluding carboxylic acids is 1. The first-order chi connectivity index (χ1) is 8.29. The molecule has 1 aliphatic rings. The zero-order valence-electron chi connectivity index (χ0n) is 10.1. The molecule has 0 aromatic heterocycles. The Labute approximate surface area is 103 Å². The number of benzene rings is 1. The van der Waals surface area contributed by atoms with E-state index in [1.807, 2.05) is 30.3 Å². The lowest BCUT2D eigenvalue weighted by molar-refractivity contribution is -0.105. The van der Waals surface area contributed by atoms with E-state index in [1.54, 1.807) is 0 Å². The van der Waals surface area contributed by atoms with Gasteiger partial charge in [0.1, 0.15) is 6.29 Å². The number of allylic oxidation sites excluding steroid dienone is 2. The van der Waals surface area contributed by atoms with Crippen LogP contribution in [0.1, 0.15) is 31.7 Å². The second-order valence-electron chi connectivity index (χ2n) is 4.59. The first-order valence-electron chi connectivity index (χ1n) is 6.04. The molecule has 0 bridgehead atoms. The number of aldehydes is 1. The first kappa shape index (κ1) is 11.7. The van der Waals surface area contributed by atoms with Crippen molar-refractivity contribution in [2.24, 2.45) is 5.92 Å². The summed E-state index contributed by atoms with van der Waals surface area (Å²) in [7, 11) is 0. The Balaban J connectivity index is 2.23. The van der Waals surface area contributed by atoms with Crippen molar-refractivity contribution in [3.05, 3.63) is 47.0 Å². The fourth-order valence-corrected chi connectivity index (χ4v) is 2.08. The molecule has 17 heavy (non-hydrogen) atoms. The second-order valence-corrected chi connectivity index (χ2v) is 4.59. The maximum Gasteiger partial charge on any atom is 0.146 e. The van der Waals surface area contributed by atoms with Crippen molar-refractivity contribution in [2.75, 3.05) is 0 Å². The van der Waals surface area contributed by atoms with Gasteiger partial charge in [-0.3, -0.25) is 4.79 Å². The van der Waals surface area contributed by atoms with Crippen LogP contribution in [-0.4, -0.2) is 6.29 Å². The second kappa shape index (κ2) is 5.50. The highest BCUT2D eigenvalue weighted by Crippen LogP contribution is 2.27. The van der Waals surface area contributed by atoms with E-state index < -0.39 is 0 Å². The average Bonchev–Trinajstić information content (AvgIpc) is 2.38. The van der Waals surface area contributed by atoms with Gasteiger partial charge in [0, 0.05) is 16.7 Å². The SMILES string of the molecule is CC1CCC(C#Cc2ccccc2)=C(C=O)C1. The van der Waals surface area contributed by atoms with Crippen LogP contribution in [0.3, 0.4) is 0 Å². The summed E-state index contributed by atoms with van der Waals surface area (Å²) >= 11 is 0. The topological polar surface area (TPSA) is 17.1 Å². The number of carbonyl (C=O) groups is 1.